The van der Waals surface area contributed by atoms with Crippen LogP contribution in [0.4, 0.5) is 10.3 Å². The molecule has 0 fully saturated rings. The highest BCUT2D eigenvalue weighted by atomic mass is 32.1. The molecule has 0 unspecified atom stereocenters. The molecule has 25 heavy (non-hydrogen) atoms. The van der Waals surface area contributed by atoms with Crippen molar-refractivity contribution in [1.82, 2.24) is 20.1 Å². The van der Waals surface area contributed by atoms with E-state index < -0.39 is 0 Å². The SMILES string of the molecule is Fc1cccc(Cn2cnc(NC(=S)NCCc3ccccc3)n2)c1. The van der Waals surface area contributed by atoms with Crippen molar-refractivity contribution < 1.29 is 4.39 Å². The minimum atomic E-state index is -0.264. The number of halogens is 1. The molecule has 0 bridgehead atoms. The second kappa shape index (κ2) is 8.34. The van der Waals surface area contributed by atoms with Gasteiger partial charge in [0.05, 0.1) is 6.54 Å². The Bertz CT molecular complexity index is 834. The van der Waals surface area contributed by atoms with Crippen molar-refractivity contribution in [2.45, 2.75) is 13.0 Å². The van der Waals surface area contributed by atoms with Gasteiger partial charge in [-0.05, 0) is 41.9 Å². The Labute approximate surface area is 150 Å². The number of thiocarbonyl (C=S) groups is 1. The standard InChI is InChI=1S/C18H18FN5S/c19-16-8-4-7-15(11-16)12-24-13-21-17(23-24)22-18(25)20-10-9-14-5-2-1-3-6-14/h1-8,11,13H,9-10,12H2,(H2,20,22,23,25). The number of nitrogens with zero attached hydrogens (tertiary/aromatic N) is 3. The first-order chi connectivity index (χ1) is 12.2. The van der Waals surface area contributed by atoms with Crippen molar-refractivity contribution in [2.24, 2.45) is 0 Å². The van der Waals surface area contributed by atoms with E-state index in [0.29, 0.717) is 17.6 Å². The van der Waals surface area contributed by atoms with Crippen molar-refractivity contribution in [3.63, 3.8) is 0 Å². The Hall–Kier alpha value is -2.80. The van der Waals surface area contributed by atoms with Crippen LogP contribution in [0.3, 0.4) is 0 Å². The Morgan fingerprint density at radius 3 is 2.68 bits per heavy atom. The van der Waals surface area contributed by atoms with Gasteiger partial charge in [-0.25, -0.2) is 14.1 Å². The van der Waals surface area contributed by atoms with Crippen LogP contribution >= 0.6 is 12.2 Å². The van der Waals surface area contributed by atoms with Gasteiger partial charge in [0.2, 0.25) is 5.95 Å². The van der Waals surface area contributed by atoms with Gasteiger partial charge in [-0.3, -0.25) is 5.32 Å². The Morgan fingerprint density at radius 1 is 1.08 bits per heavy atom. The van der Waals surface area contributed by atoms with Gasteiger partial charge < -0.3 is 5.32 Å². The van der Waals surface area contributed by atoms with Crippen LogP contribution in [0.2, 0.25) is 0 Å². The second-order valence-electron chi connectivity index (χ2n) is 5.51. The number of rotatable bonds is 6. The first-order valence-electron chi connectivity index (χ1n) is 7.92. The number of anilines is 1. The summed E-state index contributed by atoms with van der Waals surface area (Å²) in [6, 6.07) is 16.6. The van der Waals surface area contributed by atoms with Crippen molar-refractivity contribution in [2.75, 3.05) is 11.9 Å². The van der Waals surface area contributed by atoms with E-state index in [2.05, 4.69) is 32.8 Å². The second-order valence-corrected chi connectivity index (χ2v) is 5.92. The van der Waals surface area contributed by atoms with Gasteiger partial charge in [-0.1, -0.05) is 42.5 Å². The van der Waals surface area contributed by atoms with E-state index in [1.54, 1.807) is 17.1 Å². The van der Waals surface area contributed by atoms with Crippen molar-refractivity contribution >= 4 is 23.3 Å². The first-order valence-corrected chi connectivity index (χ1v) is 8.32. The third-order valence-corrected chi connectivity index (χ3v) is 3.78. The molecular formula is C18H18FN5S. The summed E-state index contributed by atoms with van der Waals surface area (Å²) in [5, 5.41) is 10.8. The largest absolute Gasteiger partial charge is 0.362 e. The zero-order chi connectivity index (χ0) is 17.5. The van der Waals surface area contributed by atoms with Crippen molar-refractivity contribution in [3.05, 3.63) is 77.9 Å². The fraction of sp³-hybridized carbons (Fsp3) is 0.167. The highest BCUT2D eigenvalue weighted by Crippen LogP contribution is 2.06. The van der Waals surface area contributed by atoms with Crippen LogP contribution in [0.5, 0.6) is 0 Å². The summed E-state index contributed by atoms with van der Waals surface area (Å²) in [5.74, 6) is 0.147. The Kier molecular flexibility index (Phi) is 5.69. The maximum absolute atomic E-state index is 13.2. The molecule has 128 valence electrons. The summed E-state index contributed by atoms with van der Waals surface area (Å²) in [7, 11) is 0. The van der Waals surface area contributed by atoms with Crippen LogP contribution in [0.15, 0.2) is 60.9 Å². The molecule has 0 saturated carbocycles. The van der Waals surface area contributed by atoms with E-state index in [9.17, 15) is 4.39 Å². The smallest absolute Gasteiger partial charge is 0.248 e. The summed E-state index contributed by atoms with van der Waals surface area (Å²) in [6.07, 6.45) is 2.46. The lowest BCUT2D eigenvalue weighted by atomic mass is 10.1. The molecular weight excluding hydrogens is 337 g/mol. The van der Waals surface area contributed by atoms with E-state index in [1.165, 1.54) is 17.7 Å². The first kappa shape index (κ1) is 17.0. The predicted molar refractivity (Wildman–Crippen MR) is 99.9 cm³/mol. The maximum atomic E-state index is 13.2. The van der Waals surface area contributed by atoms with E-state index >= 15 is 0 Å². The third-order valence-electron chi connectivity index (χ3n) is 3.54. The average molecular weight is 355 g/mol. The molecule has 0 atom stereocenters. The minimum Gasteiger partial charge on any atom is -0.362 e. The third kappa shape index (κ3) is 5.36. The van der Waals surface area contributed by atoms with Gasteiger partial charge in [0, 0.05) is 6.54 Å². The zero-order valence-electron chi connectivity index (χ0n) is 13.5. The van der Waals surface area contributed by atoms with Gasteiger partial charge in [-0.15, -0.1) is 5.10 Å². The quantitative estimate of drug-likeness (QED) is 0.666. The highest BCUT2D eigenvalue weighted by molar-refractivity contribution is 7.80. The molecule has 1 heterocycles. The van der Waals surface area contributed by atoms with Crippen molar-refractivity contribution in [3.8, 4) is 0 Å². The molecule has 0 saturated heterocycles. The molecule has 1 aromatic heterocycles. The lowest BCUT2D eigenvalue weighted by Crippen LogP contribution is -2.30. The molecule has 0 aliphatic carbocycles. The molecule has 3 rings (SSSR count). The molecule has 3 aromatic rings. The Morgan fingerprint density at radius 2 is 1.88 bits per heavy atom. The van der Waals surface area contributed by atoms with Gasteiger partial charge >= 0.3 is 0 Å². The number of nitrogens with one attached hydrogen (secondary N) is 2. The maximum Gasteiger partial charge on any atom is 0.248 e. The zero-order valence-corrected chi connectivity index (χ0v) is 14.3. The van der Waals surface area contributed by atoms with Crippen LogP contribution in [0.1, 0.15) is 11.1 Å². The topological polar surface area (TPSA) is 54.8 Å². The summed E-state index contributed by atoms with van der Waals surface area (Å²) < 4.78 is 14.8. The fourth-order valence-corrected chi connectivity index (χ4v) is 2.55. The molecule has 0 amide bonds. The van der Waals surface area contributed by atoms with Crippen LogP contribution in [-0.2, 0) is 13.0 Å². The monoisotopic (exact) mass is 355 g/mol. The lowest BCUT2D eigenvalue weighted by Gasteiger charge is -2.07. The van der Waals surface area contributed by atoms with Crippen molar-refractivity contribution in [1.29, 1.82) is 0 Å². The number of aromatic nitrogens is 3. The number of hydrogen-bond donors (Lipinski definition) is 2. The summed E-state index contributed by atoms with van der Waals surface area (Å²) in [6.45, 7) is 1.17. The molecule has 0 aliphatic heterocycles. The average Bonchev–Trinajstić information content (AvgIpc) is 3.02. The van der Waals surface area contributed by atoms with Gasteiger partial charge in [0.15, 0.2) is 5.11 Å². The Balaban J connectivity index is 1.46. The highest BCUT2D eigenvalue weighted by Gasteiger charge is 2.04. The van der Waals surface area contributed by atoms with E-state index in [0.717, 1.165) is 18.5 Å². The van der Waals surface area contributed by atoms with Crippen LogP contribution in [-0.4, -0.2) is 26.4 Å². The molecule has 0 radical (unpaired) electrons. The fourth-order valence-electron chi connectivity index (χ4n) is 2.36. The van der Waals surface area contributed by atoms with Gasteiger partial charge in [-0.2, -0.15) is 0 Å². The molecule has 0 aliphatic rings. The van der Waals surface area contributed by atoms with Crippen LogP contribution in [0.25, 0.3) is 0 Å². The summed E-state index contributed by atoms with van der Waals surface area (Å²) in [4.78, 5) is 4.16. The number of hydrogen-bond acceptors (Lipinski definition) is 3. The number of benzene rings is 2. The summed E-state index contributed by atoms with van der Waals surface area (Å²) >= 11 is 5.25. The molecule has 2 N–H and O–H groups in total. The minimum absolute atomic E-state index is 0.264. The van der Waals surface area contributed by atoms with Gasteiger partial charge in [0.1, 0.15) is 12.1 Å². The van der Waals surface area contributed by atoms with Gasteiger partial charge in [0.25, 0.3) is 0 Å². The molecule has 5 nitrogen and oxygen atoms in total. The van der Waals surface area contributed by atoms with E-state index in [-0.39, 0.29) is 5.82 Å². The van der Waals surface area contributed by atoms with E-state index in [1.807, 2.05) is 24.3 Å². The molecule has 0 spiro atoms. The summed E-state index contributed by atoms with van der Waals surface area (Å²) in [5.41, 5.74) is 2.07. The normalized spacial score (nSPS) is 10.4. The molecule has 2 aromatic carbocycles. The molecule has 7 heteroatoms. The van der Waals surface area contributed by atoms with Crippen LogP contribution in [0, 0.1) is 5.82 Å². The lowest BCUT2D eigenvalue weighted by molar-refractivity contribution is 0.619. The predicted octanol–water partition coefficient (Wildman–Crippen LogP) is 2.99. The van der Waals surface area contributed by atoms with Crippen LogP contribution < -0.4 is 10.6 Å². The van der Waals surface area contributed by atoms with E-state index in [4.69, 9.17) is 12.2 Å².